The molecular weight excluding hydrogens is 415 g/mol. The van der Waals surface area contributed by atoms with Crippen molar-refractivity contribution in [2.45, 2.75) is 76.2 Å². The van der Waals surface area contributed by atoms with E-state index in [1.165, 1.54) is 12.1 Å². The smallest absolute Gasteiger partial charge is 0.335 e. The van der Waals surface area contributed by atoms with Gasteiger partial charge in [-0.15, -0.1) is 0 Å². The summed E-state index contributed by atoms with van der Waals surface area (Å²) in [5.74, 6) is -1.59. The zero-order chi connectivity index (χ0) is 22.4. The number of alkyl halides is 5. The number of rotatable bonds is 5. The van der Waals surface area contributed by atoms with Crippen LogP contribution in [0.5, 0.6) is 0 Å². The van der Waals surface area contributed by atoms with E-state index in [9.17, 15) is 26.7 Å². The van der Waals surface area contributed by atoms with Crippen molar-refractivity contribution in [1.82, 2.24) is 10.2 Å². The highest BCUT2D eigenvalue weighted by Crippen LogP contribution is 2.46. The largest absolute Gasteiger partial charge is 0.416 e. The van der Waals surface area contributed by atoms with Crippen LogP contribution >= 0.6 is 0 Å². The van der Waals surface area contributed by atoms with Crippen LogP contribution < -0.4 is 5.32 Å². The molecule has 172 valence electrons. The maximum absolute atomic E-state index is 13.4. The third kappa shape index (κ3) is 4.89. The van der Waals surface area contributed by atoms with Gasteiger partial charge in [0.2, 0.25) is 11.8 Å². The van der Waals surface area contributed by atoms with Gasteiger partial charge in [-0.1, -0.05) is 19.1 Å². The highest BCUT2D eigenvalue weighted by Gasteiger charge is 2.50. The van der Waals surface area contributed by atoms with E-state index < -0.39 is 17.7 Å². The van der Waals surface area contributed by atoms with Crippen molar-refractivity contribution >= 4 is 5.91 Å². The summed E-state index contributed by atoms with van der Waals surface area (Å²) in [6, 6.07) is 5.20. The zero-order valence-corrected chi connectivity index (χ0v) is 17.6. The summed E-state index contributed by atoms with van der Waals surface area (Å²) in [6.45, 7) is 3.21. The van der Waals surface area contributed by atoms with Gasteiger partial charge in [-0.3, -0.25) is 4.79 Å². The van der Waals surface area contributed by atoms with Crippen LogP contribution in [-0.4, -0.2) is 35.4 Å². The summed E-state index contributed by atoms with van der Waals surface area (Å²) in [5, 5.41) is 3.47. The van der Waals surface area contributed by atoms with Crippen molar-refractivity contribution < 1.29 is 26.7 Å². The van der Waals surface area contributed by atoms with Crippen LogP contribution in [-0.2, 0) is 17.5 Å². The molecule has 2 aliphatic carbocycles. The molecule has 2 saturated carbocycles. The minimum absolute atomic E-state index is 0.0455. The molecule has 4 atom stereocenters. The number of amides is 1. The van der Waals surface area contributed by atoms with E-state index in [4.69, 9.17) is 0 Å². The Balaban J connectivity index is 1.36. The van der Waals surface area contributed by atoms with E-state index in [0.29, 0.717) is 43.2 Å². The van der Waals surface area contributed by atoms with Crippen LogP contribution in [0, 0.1) is 17.8 Å². The molecule has 1 heterocycles. The molecule has 1 N–H and O–H groups in total. The maximum Gasteiger partial charge on any atom is 0.416 e. The molecule has 31 heavy (non-hydrogen) atoms. The van der Waals surface area contributed by atoms with Gasteiger partial charge in [0.25, 0.3) is 0 Å². The van der Waals surface area contributed by atoms with Crippen LogP contribution in [0.3, 0.4) is 0 Å². The predicted molar refractivity (Wildman–Crippen MR) is 106 cm³/mol. The first-order chi connectivity index (χ1) is 14.5. The molecule has 0 unspecified atom stereocenters. The number of hydrogen-bond donors (Lipinski definition) is 1. The highest BCUT2D eigenvalue weighted by atomic mass is 19.4. The van der Waals surface area contributed by atoms with E-state index in [1.54, 1.807) is 0 Å². The van der Waals surface area contributed by atoms with Crippen LogP contribution in [0.25, 0.3) is 0 Å². The fourth-order valence-electron chi connectivity index (χ4n) is 5.69. The number of fused-ring (bicyclic) bond motifs is 1. The molecule has 1 amide bonds. The minimum Gasteiger partial charge on any atom is -0.335 e. The van der Waals surface area contributed by atoms with Gasteiger partial charge >= 0.3 is 6.18 Å². The fourth-order valence-corrected chi connectivity index (χ4v) is 5.69. The Hall–Kier alpha value is -1.70. The third-order valence-electron chi connectivity index (χ3n) is 7.51. The summed E-state index contributed by atoms with van der Waals surface area (Å²) in [5.41, 5.74) is 0.00217. The number of benzene rings is 1. The number of nitrogens with zero attached hydrogens (tertiary/aromatic N) is 1. The van der Waals surface area contributed by atoms with Gasteiger partial charge in [0, 0.05) is 37.9 Å². The molecule has 3 aliphatic rings. The van der Waals surface area contributed by atoms with Crippen LogP contribution in [0.4, 0.5) is 22.0 Å². The standard InChI is InChI=1S/C23H29F5N2O/c1-14-10-20-18(19(14)12-29-17-6-8-22(24,25)9-7-17)11-21(31)30(20)13-15-2-4-16(5-3-15)23(26,27)28/h2-5,14,17-20,29H,6-13H2,1H3/t14-,18-,19+,20+/m0/s1. The minimum atomic E-state index is -4.37. The molecule has 0 spiro atoms. The Morgan fingerprint density at radius 1 is 1.13 bits per heavy atom. The van der Waals surface area contributed by atoms with Gasteiger partial charge in [-0.2, -0.15) is 13.2 Å². The van der Waals surface area contributed by atoms with Crippen LogP contribution in [0.15, 0.2) is 24.3 Å². The van der Waals surface area contributed by atoms with Crippen molar-refractivity contribution in [2.24, 2.45) is 17.8 Å². The van der Waals surface area contributed by atoms with Gasteiger partial charge in [0.15, 0.2) is 0 Å². The molecule has 3 nitrogen and oxygen atoms in total. The SMILES string of the molecule is C[C@H]1C[C@@H]2[C@@H](CC(=O)N2Cc2ccc(C(F)(F)F)cc2)[C@@H]1CNC1CCC(F)(F)CC1. The molecular formula is C23H29F5N2O. The predicted octanol–water partition coefficient (Wildman–Crippen LogP) is 5.25. The maximum atomic E-state index is 13.4. The van der Waals surface area contributed by atoms with Gasteiger partial charge in [-0.05, 0) is 61.3 Å². The number of hydrogen-bond acceptors (Lipinski definition) is 2. The Morgan fingerprint density at radius 2 is 1.77 bits per heavy atom. The van der Waals surface area contributed by atoms with Gasteiger partial charge in [0.05, 0.1) is 5.56 Å². The average molecular weight is 444 g/mol. The molecule has 0 bridgehead atoms. The summed E-state index contributed by atoms with van der Waals surface area (Å²) in [4.78, 5) is 14.5. The lowest BCUT2D eigenvalue weighted by Gasteiger charge is -2.31. The molecule has 4 rings (SSSR count). The lowest BCUT2D eigenvalue weighted by Crippen LogP contribution is -2.41. The van der Waals surface area contributed by atoms with Crippen molar-refractivity contribution in [2.75, 3.05) is 6.54 Å². The molecule has 0 aromatic heterocycles. The summed E-state index contributed by atoms with van der Waals surface area (Å²) >= 11 is 0. The molecule has 3 fully saturated rings. The van der Waals surface area contributed by atoms with Crippen molar-refractivity contribution in [3.63, 3.8) is 0 Å². The molecule has 1 aliphatic heterocycles. The lowest BCUT2D eigenvalue weighted by atomic mass is 9.87. The molecule has 1 aromatic rings. The number of likely N-dealkylation sites (tertiary alicyclic amines) is 1. The quantitative estimate of drug-likeness (QED) is 0.630. The van der Waals surface area contributed by atoms with Crippen molar-refractivity contribution in [3.8, 4) is 0 Å². The van der Waals surface area contributed by atoms with Crippen LogP contribution in [0.2, 0.25) is 0 Å². The number of nitrogens with one attached hydrogen (secondary N) is 1. The first-order valence-electron chi connectivity index (χ1n) is 11.1. The van der Waals surface area contributed by atoms with E-state index in [1.807, 2.05) is 4.90 Å². The molecule has 0 radical (unpaired) electrons. The number of carbonyl (C=O) groups is 1. The van der Waals surface area contributed by atoms with E-state index >= 15 is 0 Å². The van der Waals surface area contributed by atoms with E-state index in [-0.39, 0.29) is 36.8 Å². The average Bonchev–Trinajstić information content (AvgIpc) is 3.15. The lowest BCUT2D eigenvalue weighted by molar-refractivity contribution is -0.137. The monoisotopic (exact) mass is 444 g/mol. The Kier molecular flexibility index (Phi) is 6.05. The van der Waals surface area contributed by atoms with Gasteiger partial charge in [0.1, 0.15) is 0 Å². The summed E-state index contributed by atoms with van der Waals surface area (Å²) < 4.78 is 65.1. The van der Waals surface area contributed by atoms with E-state index in [2.05, 4.69) is 12.2 Å². The Bertz CT molecular complexity index is 784. The molecule has 1 saturated heterocycles. The second kappa shape index (κ2) is 8.34. The number of carbonyl (C=O) groups excluding carboxylic acids is 1. The summed E-state index contributed by atoms with van der Waals surface area (Å²) in [6.07, 6.45) is -2.26. The second-order valence-electron chi connectivity index (χ2n) is 9.57. The van der Waals surface area contributed by atoms with Gasteiger partial charge in [-0.25, -0.2) is 8.78 Å². The second-order valence-corrected chi connectivity index (χ2v) is 9.57. The number of halogens is 5. The summed E-state index contributed by atoms with van der Waals surface area (Å²) in [7, 11) is 0. The Morgan fingerprint density at radius 3 is 2.39 bits per heavy atom. The van der Waals surface area contributed by atoms with Crippen molar-refractivity contribution in [3.05, 3.63) is 35.4 Å². The van der Waals surface area contributed by atoms with Gasteiger partial charge < -0.3 is 10.2 Å². The first-order valence-corrected chi connectivity index (χ1v) is 11.1. The highest BCUT2D eigenvalue weighted by molar-refractivity contribution is 5.79. The fraction of sp³-hybridized carbons (Fsp3) is 0.696. The van der Waals surface area contributed by atoms with E-state index in [0.717, 1.165) is 25.1 Å². The molecule has 1 aromatic carbocycles. The zero-order valence-electron chi connectivity index (χ0n) is 17.6. The normalized spacial score (nSPS) is 31.3. The van der Waals surface area contributed by atoms with Crippen LogP contribution in [0.1, 0.15) is 56.6 Å². The molecule has 8 heteroatoms. The first kappa shape index (κ1) is 22.5. The van der Waals surface area contributed by atoms with Crippen molar-refractivity contribution in [1.29, 1.82) is 0 Å². The Labute approximate surface area is 179 Å². The topological polar surface area (TPSA) is 32.3 Å². The third-order valence-corrected chi connectivity index (χ3v) is 7.51.